The van der Waals surface area contributed by atoms with Gasteiger partial charge in [-0.15, -0.1) is 47.2 Å². The zero-order chi connectivity index (χ0) is 4.28. The molecule has 0 fully saturated rings. The SMILES string of the molecule is Cl.ClCC(Cl)Cl. The van der Waals surface area contributed by atoms with Crippen molar-refractivity contribution in [2.75, 3.05) is 5.88 Å². The van der Waals surface area contributed by atoms with E-state index in [4.69, 9.17) is 34.8 Å². The summed E-state index contributed by atoms with van der Waals surface area (Å²) < 4.78 is 0. The molecule has 0 saturated carbocycles. The van der Waals surface area contributed by atoms with Crippen LogP contribution in [0.5, 0.6) is 0 Å². The molecular weight excluding hydrogens is 166 g/mol. The molecule has 0 bridgehead atoms. The molecule has 0 aliphatic carbocycles. The van der Waals surface area contributed by atoms with Crippen LogP contribution in [-0.2, 0) is 0 Å². The van der Waals surface area contributed by atoms with Crippen molar-refractivity contribution >= 4 is 47.2 Å². The summed E-state index contributed by atoms with van der Waals surface area (Å²) in [5.41, 5.74) is 0. The smallest absolute Gasteiger partial charge is 0.121 e. The van der Waals surface area contributed by atoms with E-state index in [0.29, 0.717) is 5.88 Å². The predicted octanol–water partition coefficient (Wildman–Crippen LogP) is 2.45. The molecule has 0 radical (unpaired) electrons. The first-order valence-corrected chi connectivity index (χ1v) is 2.52. The van der Waals surface area contributed by atoms with Crippen LogP contribution in [0.3, 0.4) is 0 Å². The number of rotatable bonds is 1. The van der Waals surface area contributed by atoms with Gasteiger partial charge >= 0.3 is 0 Å². The molecule has 0 heterocycles. The summed E-state index contributed by atoms with van der Waals surface area (Å²) in [6, 6.07) is 0. The molecule has 0 amide bonds. The molecule has 0 aliphatic heterocycles. The summed E-state index contributed by atoms with van der Waals surface area (Å²) in [6.45, 7) is 0. The Morgan fingerprint density at radius 3 is 1.50 bits per heavy atom. The summed E-state index contributed by atoms with van der Waals surface area (Å²) in [5.74, 6) is 0.309. The Morgan fingerprint density at radius 1 is 1.33 bits per heavy atom. The quantitative estimate of drug-likeness (QED) is 0.530. The zero-order valence-electron chi connectivity index (χ0n) is 2.83. The van der Waals surface area contributed by atoms with Crippen molar-refractivity contribution in [2.45, 2.75) is 4.84 Å². The van der Waals surface area contributed by atoms with Crippen LogP contribution >= 0.6 is 47.2 Å². The van der Waals surface area contributed by atoms with Crippen LogP contribution < -0.4 is 0 Å². The summed E-state index contributed by atoms with van der Waals surface area (Å²) in [6.07, 6.45) is 0. The summed E-state index contributed by atoms with van der Waals surface area (Å²) >= 11 is 15.3. The molecule has 0 aliphatic rings. The van der Waals surface area contributed by atoms with Crippen LogP contribution in [0, 0.1) is 0 Å². The number of halogens is 4. The van der Waals surface area contributed by atoms with E-state index in [0.717, 1.165) is 0 Å². The highest BCUT2D eigenvalue weighted by atomic mass is 35.5. The monoisotopic (exact) mass is 168 g/mol. The highest BCUT2D eigenvalue weighted by molar-refractivity contribution is 6.47. The third kappa shape index (κ3) is 8.94. The zero-order valence-corrected chi connectivity index (χ0v) is 5.91. The van der Waals surface area contributed by atoms with E-state index in [1.54, 1.807) is 0 Å². The van der Waals surface area contributed by atoms with E-state index >= 15 is 0 Å². The van der Waals surface area contributed by atoms with Gasteiger partial charge < -0.3 is 0 Å². The van der Waals surface area contributed by atoms with E-state index in [2.05, 4.69) is 0 Å². The van der Waals surface area contributed by atoms with Gasteiger partial charge in [-0.05, 0) is 0 Å². The molecule has 0 saturated heterocycles. The minimum absolute atomic E-state index is 0. The standard InChI is InChI=1S/C2H3Cl3.ClH/c3-1-2(4)5;/h2H,1H2;1H. The fraction of sp³-hybridized carbons (Fsp3) is 1.00. The molecular formula is C2H4Cl4. The lowest BCUT2D eigenvalue weighted by Gasteiger charge is -1.82. The molecule has 0 aromatic heterocycles. The molecule has 0 aromatic rings. The number of hydrogen-bond acceptors (Lipinski definition) is 0. The Morgan fingerprint density at radius 2 is 1.50 bits per heavy atom. The predicted molar refractivity (Wildman–Crippen MR) is 33.5 cm³/mol. The second kappa shape index (κ2) is 6.16. The van der Waals surface area contributed by atoms with Crippen molar-refractivity contribution in [1.82, 2.24) is 0 Å². The van der Waals surface area contributed by atoms with Gasteiger partial charge in [0.15, 0.2) is 0 Å². The van der Waals surface area contributed by atoms with Crippen LogP contribution in [0.2, 0.25) is 0 Å². The normalized spacial score (nSPS) is 8.00. The third-order valence-corrected chi connectivity index (χ3v) is 1.05. The summed E-state index contributed by atoms with van der Waals surface area (Å²) in [5, 5.41) is 0. The molecule has 0 unspecified atom stereocenters. The van der Waals surface area contributed by atoms with Gasteiger partial charge in [-0.3, -0.25) is 0 Å². The van der Waals surface area contributed by atoms with Crippen LogP contribution in [0.1, 0.15) is 0 Å². The average molecular weight is 170 g/mol. The summed E-state index contributed by atoms with van der Waals surface area (Å²) in [4.78, 5) is -0.406. The Kier molecular flexibility index (Phi) is 10.5. The van der Waals surface area contributed by atoms with Crippen molar-refractivity contribution in [3.05, 3.63) is 0 Å². The Labute approximate surface area is 58.2 Å². The number of hydrogen-bond donors (Lipinski definition) is 0. The molecule has 0 spiro atoms. The van der Waals surface area contributed by atoms with Crippen LogP contribution in [0.15, 0.2) is 0 Å². The van der Waals surface area contributed by atoms with Gasteiger partial charge in [-0.25, -0.2) is 0 Å². The maximum absolute atomic E-state index is 5.10. The van der Waals surface area contributed by atoms with Crippen molar-refractivity contribution in [3.63, 3.8) is 0 Å². The largest absolute Gasteiger partial charge is 0.147 e. The highest BCUT2D eigenvalue weighted by Gasteiger charge is 1.88. The van der Waals surface area contributed by atoms with E-state index in [9.17, 15) is 0 Å². The van der Waals surface area contributed by atoms with Gasteiger partial charge in [0.2, 0.25) is 0 Å². The molecule has 0 nitrogen and oxygen atoms in total. The van der Waals surface area contributed by atoms with Gasteiger partial charge in [0.1, 0.15) is 4.84 Å². The maximum atomic E-state index is 5.10. The van der Waals surface area contributed by atoms with E-state index in [1.807, 2.05) is 0 Å². The van der Waals surface area contributed by atoms with Gasteiger partial charge in [0, 0.05) is 0 Å². The van der Waals surface area contributed by atoms with Crippen LogP contribution in [0.4, 0.5) is 0 Å². The van der Waals surface area contributed by atoms with Crippen molar-refractivity contribution < 1.29 is 0 Å². The van der Waals surface area contributed by atoms with Crippen molar-refractivity contribution in [3.8, 4) is 0 Å². The van der Waals surface area contributed by atoms with Gasteiger partial charge in [-0.2, -0.15) is 0 Å². The minimum atomic E-state index is -0.406. The molecule has 0 atom stereocenters. The second-order valence-corrected chi connectivity index (χ2v) is 2.13. The van der Waals surface area contributed by atoms with Crippen molar-refractivity contribution in [1.29, 1.82) is 0 Å². The van der Waals surface area contributed by atoms with Crippen LogP contribution in [-0.4, -0.2) is 10.7 Å². The maximum Gasteiger partial charge on any atom is 0.121 e. The van der Waals surface area contributed by atoms with Gasteiger partial charge in [0.25, 0.3) is 0 Å². The van der Waals surface area contributed by atoms with E-state index in [-0.39, 0.29) is 12.4 Å². The molecule has 6 heavy (non-hydrogen) atoms. The first kappa shape index (κ1) is 10.2. The average Bonchev–Trinajstić information content (AvgIpc) is 1.38. The van der Waals surface area contributed by atoms with E-state index in [1.165, 1.54) is 0 Å². The second-order valence-electron chi connectivity index (χ2n) is 0.545. The molecule has 40 valence electrons. The number of alkyl halides is 3. The lowest BCUT2D eigenvalue weighted by molar-refractivity contribution is 1.40. The third-order valence-electron chi connectivity index (χ3n) is 0.117. The first-order chi connectivity index (χ1) is 2.27. The molecule has 4 heteroatoms. The molecule has 0 aromatic carbocycles. The molecule has 0 N–H and O–H groups in total. The Balaban J connectivity index is 0. The van der Waals surface area contributed by atoms with E-state index < -0.39 is 4.84 Å². The lowest BCUT2D eigenvalue weighted by atomic mass is 10.9. The fourth-order valence-electron chi connectivity index (χ4n) is 0. The molecule has 0 rings (SSSR count). The first-order valence-electron chi connectivity index (χ1n) is 1.11. The Bertz CT molecular complexity index is 19.5. The topological polar surface area (TPSA) is 0 Å². The van der Waals surface area contributed by atoms with Gasteiger partial charge in [-0.1, -0.05) is 0 Å². The Hall–Kier alpha value is 1.16. The minimum Gasteiger partial charge on any atom is -0.147 e. The van der Waals surface area contributed by atoms with Crippen molar-refractivity contribution in [2.24, 2.45) is 0 Å². The lowest BCUT2D eigenvalue weighted by Crippen LogP contribution is -1.82. The van der Waals surface area contributed by atoms with Gasteiger partial charge in [0.05, 0.1) is 5.88 Å². The fourth-order valence-corrected chi connectivity index (χ4v) is 0. The summed E-state index contributed by atoms with van der Waals surface area (Å²) in [7, 11) is 0. The highest BCUT2D eigenvalue weighted by Crippen LogP contribution is 2.01. The van der Waals surface area contributed by atoms with Crippen LogP contribution in [0.25, 0.3) is 0 Å².